The summed E-state index contributed by atoms with van der Waals surface area (Å²) in [7, 11) is 0. The van der Waals surface area contributed by atoms with Crippen molar-refractivity contribution in [2.45, 2.75) is 26.1 Å². The number of para-hydroxylation sites is 2. The van der Waals surface area contributed by atoms with Crippen LogP contribution >= 0.6 is 0 Å². The van der Waals surface area contributed by atoms with Crippen LogP contribution in [0.2, 0.25) is 0 Å². The molecular weight excluding hydrogens is 602 g/mol. The van der Waals surface area contributed by atoms with Gasteiger partial charge in [-0.25, -0.2) is 8.78 Å². The maximum Gasteiger partial charge on any atom is 0.253 e. The van der Waals surface area contributed by atoms with Crippen molar-refractivity contribution in [2.75, 3.05) is 13.1 Å². The van der Waals surface area contributed by atoms with E-state index in [2.05, 4.69) is 15.2 Å². The Hall–Kier alpha value is -5.61. The van der Waals surface area contributed by atoms with Gasteiger partial charge >= 0.3 is 0 Å². The zero-order valence-electron chi connectivity index (χ0n) is 25.4. The molecule has 0 spiro atoms. The fourth-order valence-electron chi connectivity index (χ4n) is 6.82. The average molecular weight is 633 g/mol. The average Bonchev–Trinajstić information content (AvgIpc) is 3.44. The van der Waals surface area contributed by atoms with Gasteiger partial charge in [-0.15, -0.1) is 0 Å². The molecule has 1 unspecified atom stereocenters. The Balaban J connectivity index is 0.000000150. The van der Waals surface area contributed by atoms with Gasteiger partial charge in [0.05, 0.1) is 39.7 Å². The minimum Gasteiger partial charge on any atom is -0.389 e. The van der Waals surface area contributed by atoms with Gasteiger partial charge in [0.1, 0.15) is 11.6 Å². The Morgan fingerprint density at radius 1 is 0.702 bits per heavy atom. The number of carbonyl (C=O) groups is 3. The molecule has 0 aliphatic carbocycles. The molecular formula is C37H30F2N4O4. The fraction of sp³-hybridized carbons (Fsp3) is 0.162. The van der Waals surface area contributed by atoms with Gasteiger partial charge in [0.2, 0.25) is 0 Å². The van der Waals surface area contributed by atoms with Gasteiger partial charge < -0.3 is 24.9 Å². The molecule has 1 atom stereocenters. The molecule has 4 heterocycles. The Labute approximate surface area is 268 Å². The van der Waals surface area contributed by atoms with Crippen LogP contribution in [0, 0.1) is 11.6 Å². The second-order valence-corrected chi connectivity index (χ2v) is 11.6. The normalized spacial score (nSPS) is 14.5. The Morgan fingerprint density at radius 2 is 1.17 bits per heavy atom. The van der Waals surface area contributed by atoms with Crippen LogP contribution in [0.25, 0.3) is 44.3 Å². The summed E-state index contributed by atoms with van der Waals surface area (Å²) in [5, 5.41) is 17.7. The SMILES string of the molecule is CC(O)c1c(-c2ccc(F)cc2)n2c3c(cccc13)C(=O)NCC2.O=Cc1c(-c2ccc(F)cc2)n2c3c(cccc13)C(=O)NCC2. The number of nitrogens with zero attached hydrogens (tertiary/aromatic N) is 2. The van der Waals surface area contributed by atoms with E-state index in [4.69, 9.17) is 0 Å². The predicted molar refractivity (Wildman–Crippen MR) is 175 cm³/mol. The molecule has 2 aliphatic heterocycles. The van der Waals surface area contributed by atoms with E-state index in [1.807, 2.05) is 22.8 Å². The van der Waals surface area contributed by atoms with Crippen LogP contribution < -0.4 is 10.6 Å². The number of hydrogen-bond donors (Lipinski definition) is 3. The van der Waals surface area contributed by atoms with Crippen LogP contribution in [0.4, 0.5) is 8.78 Å². The zero-order valence-corrected chi connectivity index (χ0v) is 25.4. The van der Waals surface area contributed by atoms with Crippen LogP contribution in [0.5, 0.6) is 0 Å². The standard InChI is InChI=1S/C19H17FN2O2.C18H13FN2O2/c1-11(23)16-14-3-2-4-15-18(14)22(10-9-21-19(15)24)17(16)12-5-7-13(20)8-6-12;19-12-6-4-11(5-7-12)16-15(10-22)13-2-1-3-14-17(13)21(16)9-8-20-18(14)23/h2-8,11,23H,9-10H2,1H3,(H,21,24);1-7,10H,8-9H2,(H,20,23). The molecule has 47 heavy (non-hydrogen) atoms. The number of rotatable bonds is 4. The summed E-state index contributed by atoms with van der Waals surface area (Å²) in [6.07, 6.45) is 0.104. The molecule has 0 saturated heterocycles. The number of nitrogens with one attached hydrogen (secondary N) is 2. The van der Waals surface area contributed by atoms with E-state index in [1.54, 1.807) is 49.4 Å². The first-order valence-electron chi connectivity index (χ1n) is 15.3. The van der Waals surface area contributed by atoms with Crippen molar-refractivity contribution >= 4 is 39.9 Å². The molecule has 0 saturated carbocycles. The molecule has 0 bridgehead atoms. The molecule has 6 aromatic rings. The molecule has 2 aromatic heterocycles. The third kappa shape index (κ3) is 5.07. The molecule has 4 aromatic carbocycles. The number of aliphatic hydroxyl groups excluding tert-OH is 1. The van der Waals surface area contributed by atoms with Crippen molar-refractivity contribution in [2.24, 2.45) is 0 Å². The number of aldehydes is 1. The number of amides is 2. The lowest BCUT2D eigenvalue weighted by atomic mass is 10.00. The summed E-state index contributed by atoms with van der Waals surface area (Å²) >= 11 is 0. The summed E-state index contributed by atoms with van der Waals surface area (Å²) < 4.78 is 30.6. The van der Waals surface area contributed by atoms with E-state index in [9.17, 15) is 28.3 Å². The number of aromatic nitrogens is 2. The summed E-state index contributed by atoms with van der Waals surface area (Å²) in [5.41, 5.74) is 7.16. The van der Waals surface area contributed by atoms with Gasteiger partial charge in [-0.05, 0) is 78.7 Å². The van der Waals surface area contributed by atoms with Crippen molar-refractivity contribution in [3.8, 4) is 22.5 Å². The summed E-state index contributed by atoms with van der Waals surface area (Å²) in [6.45, 7) is 3.84. The highest BCUT2D eigenvalue weighted by atomic mass is 19.1. The maximum absolute atomic E-state index is 13.3. The van der Waals surface area contributed by atoms with Crippen molar-refractivity contribution in [3.63, 3.8) is 0 Å². The smallest absolute Gasteiger partial charge is 0.253 e. The molecule has 0 radical (unpaired) electrons. The number of aliphatic hydroxyl groups is 1. The quantitative estimate of drug-likeness (QED) is 0.200. The molecule has 10 heteroatoms. The summed E-state index contributed by atoms with van der Waals surface area (Å²) in [5.74, 6) is -0.887. The summed E-state index contributed by atoms with van der Waals surface area (Å²) in [4.78, 5) is 36.3. The molecule has 2 aliphatic rings. The number of hydrogen-bond acceptors (Lipinski definition) is 4. The lowest BCUT2D eigenvalue weighted by molar-refractivity contribution is 0.0948. The lowest BCUT2D eigenvalue weighted by Crippen LogP contribution is -2.24. The second kappa shape index (κ2) is 12.0. The monoisotopic (exact) mass is 632 g/mol. The largest absolute Gasteiger partial charge is 0.389 e. The molecule has 3 N–H and O–H groups in total. The highest BCUT2D eigenvalue weighted by molar-refractivity contribution is 6.13. The molecule has 2 amide bonds. The third-order valence-corrected chi connectivity index (χ3v) is 8.74. The van der Waals surface area contributed by atoms with Crippen LogP contribution in [-0.2, 0) is 13.1 Å². The number of carbonyl (C=O) groups excluding carboxylic acids is 3. The molecule has 8 nitrogen and oxygen atoms in total. The van der Waals surface area contributed by atoms with E-state index in [-0.39, 0.29) is 23.4 Å². The first-order valence-corrected chi connectivity index (χ1v) is 15.3. The van der Waals surface area contributed by atoms with Crippen molar-refractivity contribution in [1.82, 2.24) is 19.8 Å². The predicted octanol–water partition coefficient (Wildman–Crippen LogP) is 6.25. The minimum absolute atomic E-state index is 0.111. The molecule has 8 rings (SSSR count). The van der Waals surface area contributed by atoms with E-state index < -0.39 is 6.10 Å². The topological polar surface area (TPSA) is 105 Å². The van der Waals surface area contributed by atoms with Crippen molar-refractivity contribution in [3.05, 3.63) is 119 Å². The third-order valence-electron chi connectivity index (χ3n) is 8.74. The molecule has 0 fully saturated rings. The van der Waals surface area contributed by atoms with E-state index in [0.29, 0.717) is 42.9 Å². The van der Waals surface area contributed by atoms with Crippen LogP contribution in [0.3, 0.4) is 0 Å². The second-order valence-electron chi connectivity index (χ2n) is 11.6. The first kappa shape index (κ1) is 30.1. The van der Waals surface area contributed by atoms with Crippen molar-refractivity contribution < 1.29 is 28.3 Å². The Bertz CT molecular complexity index is 2200. The highest BCUT2D eigenvalue weighted by Gasteiger charge is 2.27. The van der Waals surface area contributed by atoms with Gasteiger partial charge in [0.25, 0.3) is 11.8 Å². The van der Waals surface area contributed by atoms with E-state index in [1.165, 1.54) is 24.3 Å². The minimum atomic E-state index is -0.702. The van der Waals surface area contributed by atoms with Crippen molar-refractivity contribution in [1.29, 1.82) is 0 Å². The Morgan fingerprint density at radius 3 is 1.68 bits per heavy atom. The van der Waals surface area contributed by atoms with Gasteiger partial charge in [-0.1, -0.05) is 24.3 Å². The Kier molecular flexibility index (Phi) is 7.65. The van der Waals surface area contributed by atoms with Crippen LogP contribution in [0.1, 0.15) is 49.7 Å². The van der Waals surface area contributed by atoms with Gasteiger partial charge in [0, 0.05) is 48.1 Å². The van der Waals surface area contributed by atoms with Gasteiger partial charge in [-0.3, -0.25) is 14.4 Å². The van der Waals surface area contributed by atoms with E-state index >= 15 is 0 Å². The molecule has 236 valence electrons. The van der Waals surface area contributed by atoms with Crippen LogP contribution in [-0.4, -0.2) is 45.4 Å². The van der Waals surface area contributed by atoms with Gasteiger partial charge in [-0.2, -0.15) is 0 Å². The fourth-order valence-corrected chi connectivity index (χ4v) is 6.82. The lowest BCUT2D eigenvalue weighted by Gasteiger charge is -2.13. The number of halogens is 2. The first-order chi connectivity index (χ1) is 22.8. The zero-order chi connectivity index (χ0) is 32.8. The van der Waals surface area contributed by atoms with E-state index in [0.717, 1.165) is 56.2 Å². The van der Waals surface area contributed by atoms with Crippen LogP contribution in [0.15, 0.2) is 84.9 Å². The number of benzene rings is 4. The van der Waals surface area contributed by atoms with Gasteiger partial charge in [0.15, 0.2) is 6.29 Å². The highest BCUT2D eigenvalue weighted by Crippen LogP contribution is 2.40. The summed E-state index contributed by atoms with van der Waals surface area (Å²) in [6, 6.07) is 23.2. The maximum atomic E-state index is 13.3.